The van der Waals surface area contributed by atoms with Crippen LogP contribution in [-0.4, -0.2) is 49.7 Å². The van der Waals surface area contributed by atoms with Gasteiger partial charge in [0.1, 0.15) is 5.69 Å². The van der Waals surface area contributed by atoms with Gasteiger partial charge in [-0.2, -0.15) is 5.10 Å². The van der Waals surface area contributed by atoms with E-state index in [1.165, 1.54) is 11.8 Å². The average molecular weight is 328 g/mol. The maximum Gasteiger partial charge on any atom is 0.274 e. The summed E-state index contributed by atoms with van der Waals surface area (Å²) in [7, 11) is 0. The molecule has 2 aromatic rings. The molecule has 3 heterocycles. The van der Waals surface area contributed by atoms with Crippen LogP contribution < -0.4 is 5.32 Å². The van der Waals surface area contributed by atoms with Crippen LogP contribution >= 0.6 is 0 Å². The molecule has 3 rings (SSSR count). The van der Waals surface area contributed by atoms with E-state index in [4.69, 9.17) is 0 Å². The Morgan fingerprint density at radius 3 is 2.75 bits per heavy atom. The lowest BCUT2D eigenvalue weighted by molar-refractivity contribution is 0.0698. The lowest BCUT2D eigenvalue weighted by Gasteiger charge is -2.32. The molecular formula is C17H24N6O. The van der Waals surface area contributed by atoms with Crippen LogP contribution in [0.1, 0.15) is 41.5 Å². The van der Waals surface area contributed by atoms with Crippen molar-refractivity contribution < 1.29 is 4.79 Å². The van der Waals surface area contributed by atoms with E-state index in [2.05, 4.69) is 33.5 Å². The Morgan fingerprint density at radius 1 is 1.33 bits per heavy atom. The molecule has 0 aliphatic carbocycles. The van der Waals surface area contributed by atoms with Crippen LogP contribution in [0.15, 0.2) is 24.8 Å². The van der Waals surface area contributed by atoms with E-state index < -0.39 is 0 Å². The van der Waals surface area contributed by atoms with Crippen molar-refractivity contribution in [2.45, 2.75) is 45.8 Å². The van der Waals surface area contributed by atoms with Gasteiger partial charge >= 0.3 is 0 Å². The largest absolute Gasteiger partial charge is 0.337 e. The Bertz CT molecular complexity index is 676. The molecule has 0 atom stereocenters. The van der Waals surface area contributed by atoms with Crippen molar-refractivity contribution in [1.29, 1.82) is 0 Å². The number of nitrogens with one attached hydrogen (secondary N) is 1. The van der Waals surface area contributed by atoms with Crippen LogP contribution in [0.4, 0.5) is 0 Å². The number of hydrogen-bond donors (Lipinski definition) is 1. The van der Waals surface area contributed by atoms with E-state index in [0.717, 1.165) is 44.7 Å². The molecule has 1 amide bonds. The molecule has 0 unspecified atom stereocenters. The number of carbonyl (C=O) groups is 1. The van der Waals surface area contributed by atoms with E-state index in [9.17, 15) is 4.79 Å². The number of likely N-dealkylation sites (tertiary alicyclic amines) is 1. The van der Waals surface area contributed by atoms with Gasteiger partial charge in [0.05, 0.1) is 11.9 Å². The van der Waals surface area contributed by atoms with Gasteiger partial charge in [-0.1, -0.05) is 0 Å². The number of rotatable bonds is 5. The highest BCUT2D eigenvalue weighted by Crippen LogP contribution is 2.14. The van der Waals surface area contributed by atoms with Crippen molar-refractivity contribution in [3.05, 3.63) is 41.7 Å². The number of aromatic nitrogens is 4. The van der Waals surface area contributed by atoms with Crippen molar-refractivity contribution >= 4 is 5.91 Å². The predicted molar refractivity (Wildman–Crippen MR) is 90.4 cm³/mol. The summed E-state index contributed by atoms with van der Waals surface area (Å²) in [6.45, 7) is 7.36. The summed E-state index contributed by atoms with van der Waals surface area (Å²) in [5, 5.41) is 8.07. The number of carbonyl (C=O) groups excluding carboxylic acids is 1. The van der Waals surface area contributed by atoms with Crippen LogP contribution in [0.2, 0.25) is 0 Å². The molecule has 0 aromatic carbocycles. The highest BCUT2D eigenvalue weighted by molar-refractivity contribution is 5.92. The van der Waals surface area contributed by atoms with Gasteiger partial charge < -0.3 is 10.2 Å². The normalized spacial score (nSPS) is 15.7. The molecule has 7 nitrogen and oxygen atoms in total. The minimum Gasteiger partial charge on any atom is -0.337 e. The summed E-state index contributed by atoms with van der Waals surface area (Å²) in [4.78, 5) is 22.3. The first-order valence-electron chi connectivity index (χ1n) is 8.49. The van der Waals surface area contributed by atoms with Gasteiger partial charge in [0.25, 0.3) is 5.91 Å². The molecule has 0 bridgehead atoms. The number of nitrogens with zero attached hydrogens (tertiary/aromatic N) is 5. The minimum atomic E-state index is -0.0263. The topological polar surface area (TPSA) is 75.9 Å². The molecule has 1 saturated heterocycles. The molecule has 1 N–H and O–H groups in total. The SMILES string of the molecule is CCn1cc(CNC2CCN(C(=O)c3cnccn3)CC2)c(C)n1. The fourth-order valence-corrected chi connectivity index (χ4v) is 3.01. The molecular weight excluding hydrogens is 304 g/mol. The Kier molecular flexibility index (Phi) is 5.20. The summed E-state index contributed by atoms with van der Waals surface area (Å²) in [6, 6.07) is 0.431. The molecule has 1 aliphatic heterocycles. The lowest BCUT2D eigenvalue weighted by Crippen LogP contribution is -2.45. The maximum absolute atomic E-state index is 12.4. The van der Waals surface area contributed by atoms with Crippen LogP contribution in [0.3, 0.4) is 0 Å². The van der Waals surface area contributed by atoms with Gasteiger partial charge in [0.15, 0.2) is 0 Å². The van der Waals surface area contributed by atoms with Crippen molar-refractivity contribution in [3.8, 4) is 0 Å². The summed E-state index contributed by atoms with van der Waals surface area (Å²) in [6.07, 6.45) is 8.67. The highest BCUT2D eigenvalue weighted by atomic mass is 16.2. The lowest BCUT2D eigenvalue weighted by atomic mass is 10.0. The summed E-state index contributed by atoms with van der Waals surface area (Å²) in [5.74, 6) is -0.0263. The smallest absolute Gasteiger partial charge is 0.274 e. The number of hydrogen-bond acceptors (Lipinski definition) is 5. The zero-order valence-corrected chi connectivity index (χ0v) is 14.3. The van der Waals surface area contributed by atoms with Crippen LogP contribution in [0.5, 0.6) is 0 Å². The molecule has 0 saturated carbocycles. The molecule has 7 heteroatoms. The predicted octanol–water partition coefficient (Wildman–Crippen LogP) is 1.40. The number of amides is 1. The van der Waals surface area contributed by atoms with Gasteiger partial charge in [-0.15, -0.1) is 0 Å². The van der Waals surface area contributed by atoms with E-state index in [1.54, 1.807) is 12.4 Å². The van der Waals surface area contributed by atoms with Crippen molar-refractivity contribution in [3.63, 3.8) is 0 Å². The first kappa shape index (κ1) is 16.6. The fraction of sp³-hybridized carbons (Fsp3) is 0.529. The zero-order valence-electron chi connectivity index (χ0n) is 14.3. The van der Waals surface area contributed by atoms with E-state index in [-0.39, 0.29) is 5.91 Å². The van der Waals surface area contributed by atoms with Gasteiger partial charge in [0.2, 0.25) is 0 Å². The van der Waals surface area contributed by atoms with Crippen LogP contribution in [-0.2, 0) is 13.1 Å². The highest BCUT2D eigenvalue weighted by Gasteiger charge is 2.24. The summed E-state index contributed by atoms with van der Waals surface area (Å²) in [5.41, 5.74) is 2.75. The monoisotopic (exact) mass is 328 g/mol. The summed E-state index contributed by atoms with van der Waals surface area (Å²) >= 11 is 0. The third-order valence-corrected chi connectivity index (χ3v) is 4.52. The standard InChI is InChI=1S/C17H24N6O/c1-3-23-12-14(13(2)21-23)10-20-15-4-8-22(9-5-15)17(24)16-11-18-6-7-19-16/h6-7,11-12,15,20H,3-5,8-10H2,1-2H3. The van der Waals surface area contributed by atoms with Gasteiger partial charge in [-0.25, -0.2) is 4.98 Å². The molecule has 24 heavy (non-hydrogen) atoms. The second-order valence-electron chi connectivity index (χ2n) is 6.13. The third kappa shape index (κ3) is 3.79. The van der Waals surface area contributed by atoms with E-state index in [1.807, 2.05) is 16.5 Å². The Hall–Kier alpha value is -2.28. The first-order chi connectivity index (χ1) is 11.7. The van der Waals surface area contributed by atoms with Crippen molar-refractivity contribution in [1.82, 2.24) is 30.0 Å². The molecule has 1 fully saturated rings. The van der Waals surface area contributed by atoms with Gasteiger partial charge in [-0.3, -0.25) is 14.5 Å². The van der Waals surface area contributed by atoms with Crippen LogP contribution in [0.25, 0.3) is 0 Å². The van der Waals surface area contributed by atoms with E-state index >= 15 is 0 Å². The zero-order chi connectivity index (χ0) is 16.9. The van der Waals surface area contributed by atoms with Crippen LogP contribution in [0, 0.1) is 6.92 Å². The first-order valence-corrected chi connectivity index (χ1v) is 8.49. The van der Waals surface area contributed by atoms with Crippen molar-refractivity contribution in [2.24, 2.45) is 0 Å². The summed E-state index contributed by atoms with van der Waals surface area (Å²) < 4.78 is 1.97. The quantitative estimate of drug-likeness (QED) is 0.898. The Labute approximate surface area is 142 Å². The molecule has 0 spiro atoms. The van der Waals surface area contributed by atoms with Gasteiger partial charge in [-0.05, 0) is 26.7 Å². The third-order valence-electron chi connectivity index (χ3n) is 4.52. The molecule has 2 aromatic heterocycles. The maximum atomic E-state index is 12.4. The second-order valence-corrected chi connectivity index (χ2v) is 6.13. The van der Waals surface area contributed by atoms with Gasteiger partial charge in [0, 0.05) is 56.4 Å². The Balaban J connectivity index is 1.48. The average Bonchev–Trinajstić information content (AvgIpc) is 3.00. The number of piperidine rings is 1. The molecule has 128 valence electrons. The Morgan fingerprint density at radius 2 is 2.12 bits per heavy atom. The minimum absolute atomic E-state index is 0.0263. The molecule has 0 radical (unpaired) electrons. The number of aryl methyl sites for hydroxylation is 2. The second kappa shape index (κ2) is 7.53. The van der Waals surface area contributed by atoms with Crippen molar-refractivity contribution in [2.75, 3.05) is 13.1 Å². The fourth-order valence-electron chi connectivity index (χ4n) is 3.01. The molecule has 1 aliphatic rings. The van der Waals surface area contributed by atoms with E-state index in [0.29, 0.717) is 11.7 Å².